The molecule has 0 fully saturated rings. The van der Waals surface area contributed by atoms with Gasteiger partial charge in [0.25, 0.3) is 0 Å². The average Bonchev–Trinajstić information content (AvgIpc) is 2.63. The van der Waals surface area contributed by atoms with Crippen molar-refractivity contribution in [3.05, 3.63) is 63.7 Å². The van der Waals surface area contributed by atoms with Gasteiger partial charge >= 0.3 is 0 Å². The third kappa shape index (κ3) is 6.23. The molecule has 1 atom stereocenters. The lowest BCUT2D eigenvalue weighted by Gasteiger charge is -2.18. The Hall–Kier alpha value is -2.09. The number of rotatable bonds is 10. The van der Waals surface area contributed by atoms with E-state index in [1.807, 2.05) is 26.0 Å². The lowest BCUT2D eigenvalue weighted by molar-refractivity contribution is 0.112. The minimum absolute atomic E-state index is 0.709. The predicted octanol–water partition coefficient (Wildman–Crippen LogP) is 6.55. The number of hydrogen-bond acceptors (Lipinski definition) is 2. The van der Waals surface area contributed by atoms with Gasteiger partial charge in [0.15, 0.2) is 0 Å². The molecule has 2 nitrogen and oxygen atoms in total. The first-order chi connectivity index (χ1) is 12.9. The maximum atomic E-state index is 11.0. The zero-order chi connectivity index (χ0) is 19.8. The quantitative estimate of drug-likeness (QED) is 0.352. The van der Waals surface area contributed by atoms with E-state index in [4.69, 9.17) is 4.74 Å². The van der Waals surface area contributed by atoms with E-state index in [-0.39, 0.29) is 0 Å². The summed E-state index contributed by atoms with van der Waals surface area (Å²) in [7, 11) is 0. The third-order valence-electron chi connectivity index (χ3n) is 5.41. The Morgan fingerprint density at radius 1 is 0.926 bits per heavy atom. The highest BCUT2D eigenvalue weighted by molar-refractivity contribution is 5.76. The number of carbonyl (C=O) groups is 1. The Bertz CT molecular complexity index is 738. The molecule has 0 N–H and O–H groups in total. The van der Waals surface area contributed by atoms with Crippen LogP contribution in [0.5, 0.6) is 5.75 Å². The Morgan fingerprint density at radius 3 is 2.22 bits per heavy atom. The maximum Gasteiger partial charge on any atom is 0.150 e. The summed E-state index contributed by atoms with van der Waals surface area (Å²) in [4.78, 5) is 11.0. The van der Waals surface area contributed by atoms with Gasteiger partial charge in [-0.15, -0.1) is 0 Å². The van der Waals surface area contributed by atoms with Crippen molar-refractivity contribution in [2.75, 3.05) is 6.61 Å². The molecule has 27 heavy (non-hydrogen) atoms. The van der Waals surface area contributed by atoms with E-state index >= 15 is 0 Å². The molecule has 1 unspecified atom stereocenters. The van der Waals surface area contributed by atoms with Crippen LogP contribution in [0.15, 0.2) is 30.3 Å². The molecular weight excluding hydrogens is 332 g/mol. The molecule has 2 aromatic carbocycles. The number of benzene rings is 2. The number of aldehydes is 1. The molecule has 0 amide bonds. The Morgan fingerprint density at radius 2 is 1.63 bits per heavy atom. The normalized spacial score (nSPS) is 12.0. The molecule has 0 bridgehead atoms. The highest BCUT2D eigenvalue weighted by atomic mass is 16.5. The SMILES string of the molecule is CCCC(CCCOc1c(C)cc(C=O)cc1C)Cc1ccc(C)c(C)c1. The molecule has 0 aromatic heterocycles. The summed E-state index contributed by atoms with van der Waals surface area (Å²) in [6.07, 6.45) is 6.78. The van der Waals surface area contributed by atoms with E-state index in [1.54, 1.807) is 0 Å². The highest BCUT2D eigenvalue weighted by Gasteiger charge is 2.11. The molecule has 0 saturated carbocycles. The van der Waals surface area contributed by atoms with Crippen LogP contribution in [-0.2, 0) is 6.42 Å². The van der Waals surface area contributed by atoms with Crippen molar-refractivity contribution in [2.24, 2.45) is 5.92 Å². The van der Waals surface area contributed by atoms with Gasteiger partial charge in [0.1, 0.15) is 12.0 Å². The molecular formula is C25H34O2. The van der Waals surface area contributed by atoms with Crippen LogP contribution in [0.3, 0.4) is 0 Å². The second kappa shape index (κ2) is 10.3. The zero-order valence-electron chi connectivity index (χ0n) is 17.6. The number of carbonyl (C=O) groups excluding carboxylic acids is 1. The van der Waals surface area contributed by atoms with Crippen molar-refractivity contribution in [1.29, 1.82) is 0 Å². The summed E-state index contributed by atoms with van der Waals surface area (Å²) in [5.41, 5.74) is 7.00. The number of ether oxygens (including phenoxy) is 1. The van der Waals surface area contributed by atoms with Crippen LogP contribution in [0, 0.1) is 33.6 Å². The fourth-order valence-corrected chi connectivity index (χ4v) is 3.85. The van der Waals surface area contributed by atoms with Gasteiger partial charge in [-0.05, 0) is 92.8 Å². The van der Waals surface area contributed by atoms with Crippen LogP contribution >= 0.6 is 0 Å². The van der Waals surface area contributed by atoms with Gasteiger partial charge in [0, 0.05) is 5.56 Å². The summed E-state index contributed by atoms with van der Waals surface area (Å²) in [6.45, 7) is 11.4. The molecule has 0 aliphatic carbocycles. The summed E-state index contributed by atoms with van der Waals surface area (Å²) in [5, 5.41) is 0. The Labute approximate surface area is 165 Å². The van der Waals surface area contributed by atoms with Gasteiger partial charge < -0.3 is 4.74 Å². The molecule has 0 aliphatic rings. The minimum atomic E-state index is 0.709. The van der Waals surface area contributed by atoms with Crippen molar-refractivity contribution in [2.45, 2.75) is 66.7 Å². The van der Waals surface area contributed by atoms with E-state index in [0.717, 1.165) is 42.6 Å². The summed E-state index contributed by atoms with van der Waals surface area (Å²) in [6, 6.07) is 10.7. The highest BCUT2D eigenvalue weighted by Crippen LogP contribution is 2.26. The Balaban J connectivity index is 1.89. The molecule has 0 heterocycles. The van der Waals surface area contributed by atoms with Crippen LogP contribution in [0.2, 0.25) is 0 Å². The Kier molecular flexibility index (Phi) is 8.09. The average molecular weight is 367 g/mol. The molecule has 2 heteroatoms. The van der Waals surface area contributed by atoms with E-state index in [0.29, 0.717) is 11.5 Å². The van der Waals surface area contributed by atoms with Crippen LogP contribution in [0.4, 0.5) is 0 Å². The van der Waals surface area contributed by atoms with Crippen LogP contribution in [0.25, 0.3) is 0 Å². The molecule has 2 aromatic rings. The van der Waals surface area contributed by atoms with E-state index in [2.05, 4.69) is 39.0 Å². The van der Waals surface area contributed by atoms with Gasteiger partial charge in [0.2, 0.25) is 0 Å². The third-order valence-corrected chi connectivity index (χ3v) is 5.41. The summed E-state index contributed by atoms with van der Waals surface area (Å²) >= 11 is 0. The fraction of sp³-hybridized carbons (Fsp3) is 0.480. The lowest BCUT2D eigenvalue weighted by Crippen LogP contribution is -2.08. The fourth-order valence-electron chi connectivity index (χ4n) is 3.85. The second-order valence-electron chi connectivity index (χ2n) is 7.87. The van der Waals surface area contributed by atoms with Crippen LogP contribution in [0.1, 0.15) is 70.8 Å². The molecule has 2 rings (SSSR count). The molecule has 146 valence electrons. The lowest BCUT2D eigenvalue weighted by atomic mass is 9.90. The molecule has 0 radical (unpaired) electrons. The van der Waals surface area contributed by atoms with E-state index < -0.39 is 0 Å². The topological polar surface area (TPSA) is 26.3 Å². The van der Waals surface area contributed by atoms with Gasteiger partial charge in [-0.25, -0.2) is 0 Å². The van der Waals surface area contributed by atoms with E-state index in [1.165, 1.54) is 36.0 Å². The first kappa shape index (κ1) is 21.2. The zero-order valence-corrected chi connectivity index (χ0v) is 17.6. The first-order valence-corrected chi connectivity index (χ1v) is 10.2. The predicted molar refractivity (Wildman–Crippen MR) is 114 cm³/mol. The summed E-state index contributed by atoms with van der Waals surface area (Å²) in [5.74, 6) is 1.64. The van der Waals surface area contributed by atoms with Crippen LogP contribution in [-0.4, -0.2) is 12.9 Å². The first-order valence-electron chi connectivity index (χ1n) is 10.2. The molecule has 0 spiro atoms. The van der Waals surface area contributed by atoms with Crippen molar-refractivity contribution in [3.63, 3.8) is 0 Å². The van der Waals surface area contributed by atoms with Crippen molar-refractivity contribution in [3.8, 4) is 5.75 Å². The number of hydrogen-bond donors (Lipinski definition) is 0. The van der Waals surface area contributed by atoms with E-state index in [9.17, 15) is 4.79 Å². The van der Waals surface area contributed by atoms with Gasteiger partial charge in [-0.3, -0.25) is 4.79 Å². The standard InChI is InChI=1S/C25H34O2/c1-6-8-22(16-23-11-10-18(2)19(3)13-23)9-7-12-27-25-20(4)14-24(17-26)15-21(25)5/h10-11,13-15,17,22H,6-9,12,16H2,1-5H3. The second-order valence-corrected chi connectivity index (χ2v) is 7.87. The smallest absolute Gasteiger partial charge is 0.150 e. The van der Waals surface area contributed by atoms with Crippen molar-refractivity contribution < 1.29 is 9.53 Å². The monoisotopic (exact) mass is 366 g/mol. The molecule has 0 saturated heterocycles. The van der Waals surface area contributed by atoms with Crippen molar-refractivity contribution in [1.82, 2.24) is 0 Å². The summed E-state index contributed by atoms with van der Waals surface area (Å²) < 4.78 is 6.06. The van der Waals surface area contributed by atoms with Crippen LogP contribution < -0.4 is 4.74 Å². The van der Waals surface area contributed by atoms with Gasteiger partial charge in [0.05, 0.1) is 6.61 Å². The maximum absolute atomic E-state index is 11.0. The van der Waals surface area contributed by atoms with Gasteiger partial charge in [-0.1, -0.05) is 38.0 Å². The largest absolute Gasteiger partial charge is 0.493 e. The van der Waals surface area contributed by atoms with Gasteiger partial charge in [-0.2, -0.15) is 0 Å². The minimum Gasteiger partial charge on any atom is -0.493 e. The number of aryl methyl sites for hydroxylation is 4. The molecule has 0 aliphatic heterocycles. The van der Waals surface area contributed by atoms with Crippen molar-refractivity contribution >= 4 is 6.29 Å².